The van der Waals surface area contributed by atoms with Crippen molar-refractivity contribution in [1.82, 2.24) is 8.87 Å². The molecule has 8 heteroatoms. The number of fused-ring (bicyclic) bond motifs is 1. The van der Waals surface area contributed by atoms with E-state index < -0.39 is 10.0 Å². The van der Waals surface area contributed by atoms with Crippen LogP contribution in [-0.4, -0.2) is 36.3 Å². The van der Waals surface area contributed by atoms with Gasteiger partial charge in [0.25, 0.3) is 5.91 Å². The van der Waals surface area contributed by atoms with Gasteiger partial charge in [-0.2, -0.15) is 9.30 Å². The SMILES string of the molecule is CCCn1c(=NC(=O)c2ccc(S(=O)(=O)N3CCCCC3)cc2)sc2ccccc21. The highest BCUT2D eigenvalue weighted by atomic mass is 32.2. The summed E-state index contributed by atoms with van der Waals surface area (Å²) < 4.78 is 30.3. The number of para-hydroxylation sites is 1. The highest BCUT2D eigenvalue weighted by Gasteiger charge is 2.25. The normalized spacial score (nSPS) is 16.2. The first kappa shape index (κ1) is 21.0. The lowest BCUT2D eigenvalue weighted by molar-refractivity contribution is 0.0997. The maximum absolute atomic E-state index is 12.8. The number of hydrogen-bond acceptors (Lipinski definition) is 4. The molecule has 1 aliphatic heterocycles. The van der Waals surface area contributed by atoms with Gasteiger partial charge in [0, 0.05) is 25.2 Å². The van der Waals surface area contributed by atoms with Gasteiger partial charge in [-0.1, -0.05) is 36.8 Å². The molecule has 0 spiro atoms. The van der Waals surface area contributed by atoms with Gasteiger partial charge in [-0.15, -0.1) is 0 Å². The van der Waals surface area contributed by atoms with Gasteiger partial charge in [0.2, 0.25) is 10.0 Å². The van der Waals surface area contributed by atoms with Gasteiger partial charge < -0.3 is 4.57 Å². The topological polar surface area (TPSA) is 71.7 Å². The maximum atomic E-state index is 12.8. The first-order valence-corrected chi connectivity index (χ1v) is 12.5. The molecule has 3 aromatic rings. The number of aryl methyl sites for hydroxylation is 1. The van der Waals surface area contributed by atoms with Crippen LogP contribution in [-0.2, 0) is 16.6 Å². The van der Waals surface area contributed by atoms with Gasteiger partial charge in [-0.25, -0.2) is 8.42 Å². The monoisotopic (exact) mass is 443 g/mol. The van der Waals surface area contributed by atoms with E-state index in [0.717, 1.165) is 42.4 Å². The Hall–Kier alpha value is -2.29. The molecule has 1 fully saturated rings. The summed E-state index contributed by atoms with van der Waals surface area (Å²) in [6.07, 6.45) is 3.78. The number of carbonyl (C=O) groups is 1. The molecule has 0 bridgehead atoms. The second-order valence-corrected chi connectivity index (χ2v) is 10.4. The molecule has 30 heavy (non-hydrogen) atoms. The number of amides is 1. The Bertz CT molecular complexity index is 1220. The lowest BCUT2D eigenvalue weighted by Crippen LogP contribution is -2.35. The van der Waals surface area contributed by atoms with Gasteiger partial charge in [-0.05, 0) is 55.7 Å². The molecule has 2 heterocycles. The minimum atomic E-state index is -3.51. The van der Waals surface area contributed by atoms with Crippen LogP contribution in [0.15, 0.2) is 58.4 Å². The van der Waals surface area contributed by atoms with Gasteiger partial charge in [0.05, 0.1) is 15.1 Å². The molecule has 0 radical (unpaired) electrons. The molecule has 1 saturated heterocycles. The molecule has 0 aliphatic carbocycles. The van der Waals surface area contributed by atoms with Crippen molar-refractivity contribution in [2.75, 3.05) is 13.1 Å². The van der Waals surface area contributed by atoms with Crippen molar-refractivity contribution in [3.05, 3.63) is 58.9 Å². The number of carbonyl (C=O) groups excluding carboxylic acids is 1. The Balaban J connectivity index is 1.63. The van der Waals surface area contributed by atoms with Crippen molar-refractivity contribution in [3.8, 4) is 0 Å². The zero-order valence-electron chi connectivity index (χ0n) is 17.0. The number of aromatic nitrogens is 1. The number of hydrogen-bond donors (Lipinski definition) is 0. The number of piperidine rings is 1. The minimum Gasteiger partial charge on any atom is -0.316 e. The number of nitrogens with zero attached hydrogens (tertiary/aromatic N) is 3. The Kier molecular flexibility index (Phi) is 6.17. The molecule has 6 nitrogen and oxygen atoms in total. The lowest BCUT2D eigenvalue weighted by atomic mass is 10.2. The minimum absolute atomic E-state index is 0.226. The third-order valence-electron chi connectivity index (χ3n) is 5.29. The molecular formula is C22H25N3O3S2. The number of benzene rings is 2. The number of rotatable bonds is 5. The molecule has 0 N–H and O–H groups in total. The predicted molar refractivity (Wildman–Crippen MR) is 119 cm³/mol. The van der Waals surface area contributed by atoms with Crippen LogP contribution in [0.2, 0.25) is 0 Å². The van der Waals surface area contributed by atoms with E-state index >= 15 is 0 Å². The summed E-state index contributed by atoms with van der Waals surface area (Å²) >= 11 is 1.49. The largest absolute Gasteiger partial charge is 0.316 e. The van der Waals surface area contributed by atoms with E-state index in [1.54, 1.807) is 12.1 Å². The van der Waals surface area contributed by atoms with Crippen LogP contribution in [0.25, 0.3) is 10.2 Å². The van der Waals surface area contributed by atoms with Crippen LogP contribution in [0.1, 0.15) is 43.0 Å². The second-order valence-electron chi connectivity index (χ2n) is 7.41. The summed E-state index contributed by atoms with van der Waals surface area (Å²) in [7, 11) is -3.51. The standard InChI is InChI=1S/C22H25N3O3S2/c1-2-14-25-19-8-4-5-9-20(19)29-22(25)23-21(26)17-10-12-18(13-11-17)30(27,28)24-15-6-3-7-16-24/h4-5,8-13H,2-3,6-7,14-16H2,1H3. The van der Waals surface area contributed by atoms with E-state index in [4.69, 9.17) is 0 Å². The van der Waals surface area contributed by atoms with Gasteiger partial charge in [0.15, 0.2) is 4.80 Å². The van der Waals surface area contributed by atoms with Crippen LogP contribution < -0.4 is 4.80 Å². The summed E-state index contributed by atoms with van der Waals surface area (Å²) in [5.74, 6) is -0.367. The van der Waals surface area contributed by atoms with Crippen molar-refractivity contribution in [2.24, 2.45) is 4.99 Å². The van der Waals surface area contributed by atoms with Crippen molar-refractivity contribution in [2.45, 2.75) is 44.0 Å². The summed E-state index contributed by atoms with van der Waals surface area (Å²) in [4.78, 5) is 18.0. The molecule has 158 valence electrons. The van der Waals surface area contributed by atoms with Crippen molar-refractivity contribution >= 4 is 37.5 Å². The molecular weight excluding hydrogens is 418 g/mol. The number of thiazole rings is 1. The van der Waals surface area contributed by atoms with Crippen molar-refractivity contribution in [1.29, 1.82) is 0 Å². The lowest BCUT2D eigenvalue weighted by Gasteiger charge is -2.25. The molecule has 2 aromatic carbocycles. The average Bonchev–Trinajstić information content (AvgIpc) is 3.12. The van der Waals surface area contributed by atoms with E-state index in [1.807, 2.05) is 24.3 Å². The summed E-state index contributed by atoms with van der Waals surface area (Å²) in [5.41, 5.74) is 1.45. The average molecular weight is 444 g/mol. The first-order chi connectivity index (χ1) is 14.5. The summed E-state index contributed by atoms with van der Waals surface area (Å²) in [5, 5.41) is 0. The van der Waals surface area contributed by atoms with Gasteiger partial charge in [0.1, 0.15) is 0 Å². The predicted octanol–water partition coefficient (Wildman–Crippen LogP) is 4.03. The van der Waals surface area contributed by atoms with Gasteiger partial charge in [-0.3, -0.25) is 4.79 Å². The highest BCUT2D eigenvalue weighted by molar-refractivity contribution is 7.89. The Morgan fingerprint density at radius 1 is 1.03 bits per heavy atom. The van der Waals surface area contributed by atoms with Crippen molar-refractivity contribution in [3.63, 3.8) is 0 Å². The third kappa shape index (κ3) is 4.12. The van der Waals surface area contributed by atoms with E-state index in [1.165, 1.54) is 27.8 Å². The van der Waals surface area contributed by atoms with Crippen LogP contribution in [0, 0.1) is 0 Å². The molecule has 0 atom stereocenters. The van der Waals surface area contributed by atoms with E-state index in [9.17, 15) is 13.2 Å². The van der Waals surface area contributed by atoms with E-state index in [0.29, 0.717) is 23.5 Å². The van der Waals surface area contributed by atoms with E-state index in [2.05, 4.69) is 16.5 Å². The molecule has 0 unspecified atom stereocenters. The van der Waals surface area contributed by atoms with Gasteiger partial charge >= 0.3 is 0 Å². The molecule has 4 rings (SSSR count). The molecule has 1 aromatic heterocycles. The summed E-state index contributed by atoms with van der Waals surface area (Å²) in [6, 6.07) is 14.1. The molecule has 0 saturated carbocycles. The highest BCUT2D eigenvalue weighted by Crippen LogP contribution is 2.21. The number of sulfonamides is 1. The van der Waals surface area contributed by atoms with E-state index in [-0.39, 0.29) is 10.8 Å². The quantitative estimate of drug-likeness (QED) is 0.598. The fourth-order valence-electron chi connectivity index (χ4n) is 3.72. The zero-order valence-corrected chi connectivity index (χ0v) is 18.6. The third-order valence-corrected chi connectivity index (χ3v) is 8.26. The fourth-order valence-corrected chi connectivity index (χ4v) is 6.29. The fraction of sp³-hybridized carbons (Fsp3) is 0.364. The first-order valence-electron chi connectivity index (χ1n) is 10.3. The van der Waals surface area contributed by atoms with Crippen LogP contribution in [0.3, 0.4) is 0 Å². The maximum Gasteiger partial charge on any atom is 0.279 e. The van der Waals surface area contributed by atoms with Crippen LogP contribution in [0.5, 0.6) is 0 Å². The van der Waals surface area contributed by atoms with Crippen molar-refractivity contribution < 1.29 is 13.2 Å². The molecule has 1 amide bonds. The second kappa shape index (κ2) is 8.83. The zero-order chi connectivity index (χ0) is 21.1. The summed E-state index contributed by atoms with van der Waals surface area (Å²) in [6.45, 7) is 3.99. The van der Waals surface area contributed by atoms with Crippen LogP contribution >= 0.6 is 11.3 Å². The van der Waals surface area contributed by atoms with Crippen LogP contribution in [0.4, 0.5) is 0 Å². The Morgan fingerprint density at radius 2 is 1.73 bits per heavy atom. The Labute approximate surface area is 180 Å². The smallest absolute Gasteiger partial charge is 0.279 e. The molecule has 1 aliphatic rings. The Morgan fingerprint density at radius 3 is 2.43 bits per heavy atom.